The molecule has 4 rings (SSSR count). The fraction of sp³-hybridized carbons (Fsp3) is 0.476. The number of thioether (sulfide) groups is 1. The average molecular weight is 416 g/mol. The van der Waals surface area contributed by atoms with Gasteiger partial charge in [-0.2, -0.15) is 0 Å². The summed E-state index contributed by atoms with van der Waals surface area (Å²) in [6.45, 7) is 8.38. The minimum Gasteiger partial charge on any atom is -0.343 e. The van der Waals surface area contributed by atoms with E-state index in [1.54, 1.807) is 23.1 Å². The molecule has 2 aliphatic rings. The van der Waals surface area contributed by atoms with Crippen LogP contribution < -0.4 is 10.9 Å². The summed E-state index contributed by atoms with van der Waals surface area (Å²) in [6.07, 6.45) is 2.29. The van der Waals surface area contributed by atoms with E-state index >= 15 is 0 Å². The summed E-state index contributed by atoms with van der Waals surface area (Å²) in [4.78, 5) is 36.0. The predicted molar refractivity (Wildman–Crippen MR) is 115 cm³/mol. The molecule has 1 aliphatic carbocycles. The predicted octanol–water partition coefficient (Wildman–Crippen LogP) is 4.84. The van der Waals surface area contributed by atoms with Gasteiger partial charge >= 0.3 is 0 Å². The van der Waals surface area contributed by atoms with Gasteiger partial charge in [-0.25, -0.2) is 4.98 Å². The normalized spacial score (nSPS) is 20.6. The third-order valence-corrected chi connectivity index (χ3v) is 7.33. The number of allylic oxidation sites excluding steroid dienone is 2. The highest BCUT2D eigenvalue weighted by molar-refractivity contribution is 7.99. The van der Waals surface area contributed by atoms with Gasteiger partial charge in [-0.05, 0) is 37.3 Å². The number of hydrogen-bond acceptors (Lipinski definition) is 6. The lowest BCUT2D eigenvalue weighted by Crippen LogP contribution is -2.36. The van der Waals surface area contributed by atoms with Crippen molar-refractivity contribution in [3.63, 3.8) is 0 Å². The molecule has 2 aromatic rings. The Morgan fingerprint density at radius 2 is 2.07 bits per heavy atom. The first-order valence-electron chi connectivity index (χ1n) is 9.65. The molecule has 148 valence electrons. The molecule has 1 aliphatic heterocycles. The van der Waals surface area contributed by atoms with Crippen molar-refractivity contribution in [1.82, 2.24) is 9.97 Å². The maximum absolute atomic E-state index is 13.1. The number of nitrogens with one attached hydrogen (secondary N) is 2. The number of Topliss-reactive ketones (excluding diaryl/α,β-unsaturated/α-hetero) is 1. The smallest absolute Gasteiger partial charge is 0.257 e. The van der Waals surface area contributed by atoms with Gasteiger partial charge in [-0.3, -0.25) is 9.59 Å². The van der Waals surface area contributed by atoms with Gasteiger partial charge in [0.2, 0.25) is 0 Å². The van der Waals surface area contributed by atoms with E-state index in [1.807, 2.05) is 19.1 Å². The van der Waals surface area contributed by atoms with Crippen molar-refractivity contribution in [2.75, 3.05) is 11.1 Å². The Morgan fingerprint density at radius 1 is 1.29 bits per heavy atom. The quantitative estimate of drug-likeness (QED) is 0.552. The molecule has 0 bridgehead atoms. The topological polar surface area (TPSA) is 74.8 Å². The molecule has 7 heteroatoms. The minimum atomic E-state index is -0.338. The van der Waals surface area contributed by atoms with Crippen LogP contribution in [0.5, 0.6) is 0 Å². The number of aromatic amines is 1. The molecule has 0 fully saturated rings. The van der Waals surface area contributed by atoms with Crippen molar-refractivity contribution in [2.24, 2.45) is 5.41 Å². The highest BCUT2D eigenvalue weighted by Gasteiger charge is 2.42. The third kappa shape index (κ3) is 3.46. The molecule has 1 atom stereocenters. The third-order valence-electron chi connectivity index (χ3n) is 5.19. The zero-order valence-electron chi connectivity index (χ0n) is 16.6. The number of hydrogen-bond donors (Lipinski definition) is 2. The van der Waals surface area contributed by atoms with E-state index in [2.05, 4.69) is 31.1 Å². The van der Waals surface area contributed by atoms with Crippen LogP contribution in [0.4, 0.5) is 5.82 Å². The molecule has 0 spiro atoms. The summed E-state index contributed by atoms with van der Waals surface area (Å²) in [7, 11) is 0. The number of ketones is 1. The largest absolute Gasteiger partial charge is 0.343 e. The van der Waals surface area contributed by atoms with E-state index in [1.165, 1.54) is 4.88 Å². The highest BCUT2D eigenvalue weighted by atomic mass is 32.2. The molecule has 0 aromatic carbocycles. The minimum absolute atomic E-state index is 0.0999. The SMILES string of the molecule is CCCSc1nc2c(c(=O)[nH]1)[C@@H](c1ccc(C)s1)C1=C(CC(C)(C)CC1=O)N2. The van der Waals surface area contributed by atoms with Gasteiger partial charge in [0.15, 0.2) is 10.9 Å². The number of H-pyrrole nitrogens is 1. The van der Waals surface area contributed by atoms with Crippen molar-refractivity contribution in [3.05, 3.63) is 49.1 Å². The summed E-state index contributed by atoms with van der Waals surface area (Å²) < 4.78 is 0. The van der Waals surface area contributed by atoms with Crippen LogP contribution in [0.25, 0.3) is 0 Å². The average Bonchev–Trinajstić information content (AvgIpc) is 3.03. The van der Waals surface area contributed by atoms with E-state index < -0.39 is 0 Å². The Hall–Kier alpha value is -1.86. The monoisotopic (exact) mass is 415 g/mol. The van der Waals surface area contributed by atoms with Gasteiger partial charge in [0, 0.05) is 33.2 Å². The van der Waals surface area contributed by atoms with Crippen LogP contribution >= 0.6 is 23.1 Å². The molecule has 0 radical (unpaired) electrons. The summed E-state index contributed by atoms with van der Waals surface area (Å²) >= 11 is 3.19. The second kappa shape index (κ2) is 7.19. The molecular weight excluding hydrogens is 390 g/mol. The number of anilines is 1. The van der Waals surface area contributed by atoms with Crippen molar-refractivity contribution < 1.29 is 4.79 Å². The van der Waals surface area contributed by atoms with Gasteiger partial charge in [0.25, 0.3) is 5.56 Å². The lowest BCUT2D eigenvalue weighted by Gasteiger charge is -2.38. The van der Waals surface area contributed by atoms with Crippen LogP contribution in [0.3, 0.4) is 0 Å². The van der Waals surface area contributed by atoms with E-state index in [0.717, 1.165) is 34.7 Å². The lowest BCUT2D eigenvalue weighted by atomic mass is 9.70. The number of nitrogens with zero attached hydrogens (tertiary/aromatic N) is 1. The van der Waals surface area contributed by atoms with Crippen LogP contribution in [0.2, 0.25) is 0 Å². The van der Waals surface area contributed by atoms with Crippen LogP contribution in [0, 0.1) is 12.3 Å². The Kier molecular flexibility index (Phi) is 5.00. The zero-order chi connectivity index (χ0) is 20.1. The van der Waals surface area contributed by atoms with Crippen molar-refractivity contribution >= 4 is 34.7 Å². The van der Waals surface area contributed by atoms with Crippen molar-refractivity contribution in [3.8, 4) is 0 Å². The standard InChI is InChI=1S/C21H25N3O2S2/c1-5-8-27-20-23-18-17(19(26)24-20)16(14-7-6-11(2)28-14)15-12(22-18)9-21(3,4)10-13(15)25/h6-7,16H,5,8-10H2,1-4H3,(H2,22,23,24,26)/t16-/m0/s1. The van der Waals surface area contributed by atoms with Gasteiger partial charge in [0.1, 0.15) is 5.82 Å². The number of thiophene rings is 1. The number of carbonyl (C=O) groups excluding carboxylic acids is 1. The maximum atomic E-state index is 13.1. The van der Waals surface area contributed by atoms with Crippen LogP contribution in [0.15, 0.2) is 33.4 Å². The summed E-state index contributed by atoms with van der Waals surface area (Å²) in [6, 6.07) is 4.09. The second-order valence-electron chi connectivity index (χ2n) is 8.32. The first-order valence-corrected chi connectivity index (χ1v) is 11.5. The first-order chi connectivity index (χ1) is 13.3. The molecule has 28 heavy (non-hydrogen) atoms. The lowest BCUT2D eigenvalue weighted by molar-refractivity contribution is -0.118. The Bertz CT molecular complexity index is 1030. The first kappa shape index (κ1) is 19.5. The number of carbonyl (C=O) groups is 1. The molecular formula is C21H25N3O2S2. The van der Waals surface area contributed by atoms with Gasteiger partial charge in [-0.1, -0.05) is 32.5 Å². The Balaban J connectivity index is 1.90. The molecule has 0 saturated heterocycles. The van der Waals surface area contributed by atoms with Crippen LogP contribution in [-0.2, 0) is 4.79 Å². The molecule has 0 saturated carbocycles. The molecule has 2 aromatic heterocycles. The van der Waals surface area contributed by atoms with E-state index in [4.69, 9.17) is 4.98 Å². The fourth-order valence-electron chi connectivity index (χ4n) is 4.05. The Labute approximate surface area is 173 Å². The highest BCUT2D eigenvalue weighted by Crippen LogP contribution is 2.48. The molecule has 3 heterocycles. The van der Waals surface area contributed by atoms with Gasteiger partial charge in [0.05, 0.1) is 11.5 Å². The zero-order valence-corrected chi connectivity index (χ0v) is 18.3. The maximum Gasteiger partial charge on any atom is 0.257 e. The number of rotatable bonds is 4. The molecule has 2 N–H and O–H groups in total. The van der Waals surface area contributed by atoms with Crippen molar-refractivity contribution in [2.45, 2.75) is 58.0 Å². The van der Waals surface area contributed by atoms with E-state index in [9.17, 15) is 9.59 Å². The number of fused-ring (bicyclic) bond motifs is 1. The summed E-state index contributed by atoms with van der Waals surface area (Å²) in [5.74, 6) is 1.29. The van der Waals surface area contributed by atoms with E-state index in [0.29, 0.717) is 23.0 Å². The van der Waals surface area contributed by atoms with Crippen molar-refractivity contribution in [1.29, 1.82) is 0 Å². The van der Waals surface area contributed by atoms with Gasteiger partial charge in [-0.15, -0.1) is 11.3 Å². The second-order valence-corrected chi connectivity index (χ2v) is 10.7. The van der Waals surface area contributed by atoms with Gasteiger partial charge < -0.3 is 10.3 Å². The van der Waals surface area contributed by atoms with E-state index in [-0.39, 0.29) is 22.7 Å². The number of aromatic nitrogens is 2. The Morgan fingerprint density at radius 3 is 2.75 bits per heavy atom. The number of aryl methyl sites for hydroxylation is 1. The van der Waals surface area contributed by atoms with Crippen LogP contribution in [0.1, 0.15) is 61.3 Å². The molecule has 0 unspecified atom stereocenters. The summed E-state index contributed by atoms with van der Waals surface area (Å²) in [5, 5.41) is 4.00. The fourth-order valence-corrected chi connectivity index (χ4v) is 5.77. The summed E-state index contributed by atoms with van der Waals surface area (Å²) in [5.41, 5.74) is 1.98. The van der Waals surface area contributed by atoms with Crippen LogP contribution in [-0.4, -0.2) is 21.5 Å². The molecule has 0 amide bonds. The molecule has 5 nitrogen and oxygen atoms in total.